The number of carbonyl (C=O) groups is 1. The van der Waals surface area contributed by atoms with E-state index >= 15 is 0 Å². The fraction of sp³-hybridized carbons (Fsp3) is 0.316. The molecule has 2 aromatic carbocycles. The summed E-state index contributed by atoms with van der Waals surface area (Å²) in [6.07, 6.45) is 2.93. The second-order valence-corrected chi connectivity index (χ2v) is 8.85. The summed E-state index contributed by atoms with van der Waals surface area (Å²) in [5, 5.41) is 0.584. The van der Waals surface area contributed by atoms with Crippen molar-refractivity contribution in [3.8, 4) is 0 Å². The number of rotatable bonds is 5. The summed E-state index contributed by atoms with van der Waals surface area (Å²) in [6, 6.07) is 14.7. The van der Waals surface area contributed by atoms with E-state index in [4.69, 9.17) is 11.6 Å². The van der Waals surface area contributed by atoms with Crippen molar-refractivity contribution in [3.05, 3.63) is 64.7 Å². The molecule has 7 heteroatoms. The van der Waals surface area contributed by atoms with Crippen LogP contribution in [0.15, 0.2) is 48.5 Å². The number of halogens is 1. The maximum atomic E-state index is 12.9. The first-order valence-electron chi connectivity index (χ1n) is 8.42. The molecule has 0 aromatic heterocycles. The molecule has 0 atom stereocenters. The van der Waals surface area contributed by atoms with Crippen LogP contribution in [0.5, 0.6) is 0 Å². The Bertz CT molecular complexity index is 897. The lowest BCUT2D eigenvalue weighted by Crippen LogP contribution is -2.44. The van der Waals surface area contributed by atoms with Gasteiger partial charge in [-0.15, -0.1) is 0 Å². The van der Waals surface area contributed by atoms with Crippen LogP contribution in [-0.2, 0) is 27.8 Å². The molecule has 1 amide bonds. The monoisotopic (exact) mass is 392 g/mol. The predicted octanol–water partition coefficient (Wildman–Crippen LogP) is 3.08. The maximum absolute atomic E-state index is 12.9. The predicted molar refractivity (Wildman–Crippen MR) is 104 cm³/mol. The number of anilines is 1. The van der Waals surface area contributed by atoms with Gasteiger partial charge in [-0.1, -0.05) is 41.9 Å². The van der Waals surface area contributed by atoms with Gasteiger partial charge in [-0.3, -0.25) is 4.79 Å². The number of para-hydroxylation sites is 1. The van der Waals surface area contributed by atoms with Crippen molar-refractivity contribution in [2.75, 3.05) is 24.2 Å². The number of fused-ring (bicyclic) bond motifs is 1. The van der Waals surface area contributed by atoms with Crippen LogP contribution < -0.4 is 4.90 Å². The van der Waals surface area contributed by atoms with Gasteiger partial charge >= 0.3 is 0 Å². The van der Waals surface area contributed by atoms with Crippen LogP contribution >= 0.6 is 11.6 Å². The minimum absolute atomic E-state index is 0.136. The van der Waals surface area contributed by atoms with Crippen molar-refractivity contribution < 1.29 is 13.2 Å². The number of aryl methyl sites for hydroxylation is 1. The van der Waals surface area contributed by atoms with Crippen molar-refractivity contribution in [3.63, 3.8) is 0 Å². The molecule has 1 heterocycles. The lowest BCUT2D eigenvalue weighted by atomic mass is 10.0. The average Bonchev–Trinajstić information content (AvgIpc) is 2.61. The Hall–Kier alpha value is -1.89. The SMILES string of the molecule is CS(=O)(=O)N(CC(=O)N1CCCc2ccccc21)Cc1ccc(Cl)cc1. The van der Waals surface area contributed by atoms with Crippen LogP contribution in [0.25, 0.3) is 0 Å². The molecule has 0 saturated heterocycles. The molecule has 26 heavy (non-hydrogen) atoms. The zero-order valence-electron chi connectivity index (χ0n) is 14.6. The van der Waals surface area contributed by atoms with E-state index < -0.39 is 10.0 Å². The third-order valence-electron chi connectivity index (χ3n) is 4.46. The highest BCUT2D eigenvalue weighted by atomic mass is 35.5. The molecule has 5 nitrogen and oxygen atoms in total. The highest BCUT2D eigenvalue weighted by molar-refractivity contribution is 7.88. The third kappa shape index (κ3) is 4.44. The van der Waals surface area contributed by atoms with Crippen molar-refractivity contribution in [2.24, 2.45) is 0 Å². The molecule has 0 N–H and O–H groups in total. The largest absolute Gasteiger partial charge is 0.311 e. The number of amides is 1. The molecule has 0 radical (unpaired) electrons. The third-order valence-corrected chi connectivity index (χ3v) is 5.91. The zero-order chi connectivity index (χ0) is 18.7. The minimum atomic E-state index is -3.53. The summed E-state index contributed by atoms with van der Waals surface area (Å²) in [6.45, 7) is 0.557. The van der Waals surface area contributed by atoms with E-state index in [2.05, 4.69) is 0 Å². The molecule has 1 aliphatic rings. The fourth-order valence-electron chi connectivity index (χ4n) is 3.11. The molecular weight excluding hydrogens is 372 g/mol. The summed E-state index contributed by atoms with van der Waals surface area (Å²) in [5.74, 6) is -0.212. The van der Waals surface area contributed by atoms with Gasteiger partial charge in [0, 0.05) is 23.8 Å². The van der Waals surface area contributed by atoms with Crippen LogP contribution in [0.4, 0.5) is 5.69 Å². The molecule has 0 unspecified atom stereocenters. The van der Waals surface area contributed by atoms with Gasteiger partial charge < -0.3 is 4.90 Å². The molecule has 0 bridgehead atoms. The molecule has 0 fully saturated rings. The molecular formula is C19H21ClN2O3S. The number of hydrogen-bond acceptors (Lipinski definition) is 3. The van der Waals surface area contributed by atoms with Crippen molar-refractivity contribution in [1.29, 1.82) is 0 Å². The number of sulfonamides is 1. The summed E-state index contributed by atoms with van der Waals surface area (Å²) in [7, 11) is -3.53. The minimum Gasteiger partial charge on any atom is -0.311 e. The Balaban J connectivity index is 1.79. The molecule has 0 saturated carbocycles. The number of carbonyl (C=O) groups excluding carboxylic acids is 1. The Kier molecular flexibility index (Phi) is 5.65. The van der Waals surface area contributed by atoms with Gasteiger partial charge in [-0.2, -0.15) is 4.31 Å². The van der Waals surface area contributed by atoms with Crippen LogP contribution in [-0.4, -0.2) is 38.0 Å². The normalized spacial score (nSPS) is 14.3. The van der Waals surface area contributed by atoms with Crippen molar-refractivity contribution in [1.82, 2.24) is 4.31 Å². The van der Waals surface area contributed by atoms with Crippen LogP contribution in [0.3, 0.4) is 0 Å². The zero-order valence-corrected chi connectivity index (χ0v) is 16.1. The van der Waals surface area contributed by atoms with Gasteiger partial charge in [0.15, 0.2) is 0 Å². The van der Waals surface area contributed by atoms with E-state index in [-0.39, 0.29) is 19.0 Å². The summed E-state index contributed by atoms with van der Waals surface area (Å²) in [5.41, 5.74) is 2.78. The van der Waals surface area contributed by atoms with Gasteiger partial charge in [0.2, 0.25) is 15.9 Å². The molecule has 2 aromatic rings. The van der Waals surface area contributed by atoms with E-state index in [9.17, 15) is 13.2 Å². The average molecular weight is 393 g/mol. The van der Waals surface area contributed by atoms with E-state index in [0.717, 1.165) is 35.9 Å². The highest BCUT2D eigenvalue weighted by Crippen LogP contribution is 2.27. The first-order valence-corrected chi connectivity index (χ1v) is 10.6. The number of benzene rings is 2. The lowest BCUT2D eigenvalue weighted by molar-refractivity contribution is -0.119. The van der Waals surface area contributed by atoms with Crippen molar-refractivity contribution >= 4 is 33.2 Å². The van der Waals surface area contributed by atoms with E-state index in [1.165, 1.54) is 4.31 Å². The molecule has 138 valence electrons. The fourth-order valence-corrected chi connectivity index (χ4v) is 3.97. The van der Waals surface area contributed by atoms with Gasteiger partial charge in [0.1, 0.15) is 0 Å². The van der Waals surface area contributed by atoms with Gasteiger partial charge in [0.05, 0.1) is 12.8 Å². The van der Waals surface area contributed by atoms with Crippen LogP contribution in [0.1, 0.15) is 17.5 Å². The van der Waals surface area contributed by atoms with Gasteiger partial charge in [0.25, 0.3) is 0 Å². The van der Waals surface area contributed by atoms with Crippen LogP contribution in [0, 0.1) is 0 Å². The van der Waals surface area contributed by atoms with E-state index in [1.807, 2.05) is 24.3 Å². The molecule has 1 aliphatic heterocycles. The maximum Gasteiger partial charge on any atom is 0.242 e. The lowest BCUT2D eigenvalue weighted by Gasteiger charge is -2.31. The van der Waals surface area contributed by atoms with E-state index in [1.54, 1.807) is 29.2 Å². The molecule has 3 rings (SSSR count). The Morgan fingerprint density at radius 2 is 1.85 bits per heavy atom. The van der Waals surface area contributed by atoms with Gasteiger partial charge in [-0.05, 0) is 42.2 Å². The van der Waals surface area contributed by atoms with Crippen molar-refractivity contribution in [2.45, 2.75) is 19.4 Å². The first kappa shape index (κ1) is 18.9. The Morgan fingerprint density at radius 3 is 2.54 bits per heavy atom. The standard InChI is InChI=1S/C19H21ClN2O3S/c1-26(24,25)21(13-15-8-10-17(20)11-9-15)14-19(23)22-12-4-6-16-5-2-3-7-18(16)22/h2-3,5,7-11H,4,6,12-14H2,1H3. The quantitative estimate of drug-likeness (QED) is 0.785. The Morgan fingerprint density at radius 1 is 1.15 bits per heavy atom. The molecule has 0 aliphatic carbocycles. The summed E-state index contributed by atoms with van der Waals surface area (Å²) >= 11 is 5.88. The number of hydrogen-bond donors (Lipinski definition) is 0. The smallest absolute Gasteiger partial charge is 0.242 e. The second-order valence-electron chi connectivity index (χ2n) is 6.44. The van der Waals surface area contributed by atoms with Crippen LogP contribution in [0.2, 0.25) is 5.02 Å². The topological polar surface area (TPSA) is 57.7 Å². The highest BCUT2D eigenvalue weighted by Gasteiger charge is 2.27. The Labute approximate surface area is 159 Å². The molecule has 0 spiro atoms. The van der Waals surface area contributed by atoms with Gasteiger partial charge in [-0.25, -0.2) is 8.42 Å². The number of nitrogens with zero attached hydrogens (tertiary/aromatic N) is 2. The summed E-state index contributed by atoms with van der Waals surface area (Å²) < 4.78 is 25.6. The van der Waals surface area contributed by atoms with E-state index in [0.29, 0.717) is 11.6 Å². The first-order chi connectivity index (χ1) is 12.3. The second kappa shape index (κ2) is 7.78. The summed E-state index contributed by atoms with van der Waals surface area (Å²) in [4.78, 5) is 14.6.